The largest absolute Gasteiger partial charge is 0.341 e. The molecule has 0 saturated carbocycles. The van der Waals surface area contributed by atoms with E-state index in [1.165, 1.54) is 12.8 Å². The van der Waals surface area contributed by atoms with Crippen molar-refractivity contribution in [3.63, 3.8) is 0 Å². The first-order valence-electron chi connectivity index (χ1n) is 7.22. The Bertz CT molecular complexity index is 474. The number of hydrogen-bond acceptors (Lipinski definition) is 2. The van der Waals surface area contributed by atoms with Gasteiger partial charge < -0.3 is 4.90 Å². The molecule has 1 aliphatic heterocycles. The van der Waals surface area contributed by atoms with Crippen LogP contribution in [0, 0.1) is 5.92 Å². The summed E-state index contributed by atoms with van der Waals surface area (Å²) in [5.74, 6) is 1.31. The van der Waals surface area contributed by atoms with Crippen LogP contribution in [0.5, 0.6) is 0 Å². The number of rotatable bonds is 2. The highest BCUT2D eigenvalue weighted by Crippen LogP contribution is 2.18. The standard InChI is InChI=1S/C16H23N3S/c1-13(2)15(20-3)18-16(19-11-7-8-12-19)17-14-9-5-4-6-10-14/h4-6,9-10,13H,7-8,11-12H2,1-3H3/b17-16?,18-15+. The molecule has 0 aliphatic carbocycles. The van der Waals surface area contributed by atoms with Crippen molar-refractivity contribution in [2.75, 3.05) is 19.3 Å². The second-order valence-corrected chi connectivity index (χ2v) is 6.08. The Hall–Kier alpha value is -1.29. The van der Waals surface area contributed by atoms with E-state index in [9.17, 15) is 0 Å². The second kappa shape index (κ2) is 7.48. The lowest BCUT2D eigenvalue weighted by atomic mass is 10.2. The van der Waals surface area contributed by atoms with Crippen molar-refractivity contribution in [3.05, 3.63) is 30.3 Å². The zero-order valence-corrected chi connectivity index (χ0v) is 13.4. The van der Waals surface area contributed by atoms with Crippen molar-refractivity contribution >= 4 is 28.5 Å². The van der Waals surface area contributed by atoms with E-state index in [0.29, 0.717) is 5.92 Å². The van der Waals surface area contributed by atoms with E-state index >= 15 is 0 Å². The molecule has 0 unspecified atom stereocenters. The van der Waals surface area contributed by atoms with Gasteiger partial charge in [-0.05, 0) is 31.2 Å². The molecule has 0 bridgehead atoms. The van der Waals surface area contributed by atoms with Crippen LogP contribution in [-0.4, -0.2) is 35.2 Å². The van der Waals surface area contributed by atoms with Crippen molar-refractivity contribution in [3.8, 4) is 0 Å². The molecule has 108 valence electrons. The van der Waals surface area contributed by atoms with Gasteiger partial charge in [-0.2, -0.15) is 0 Å². The van der Waals surface area contributed by atoms with Crippen LogP contribution in [0.1, 0.15) is 26.7 Å². The Kier molecular flexibility index (Phi) is 5.65. The van der Waals surface area contributed by atoms with Crippen molar-refractivity contribution in [2.45, 2.75) is 26.7 Å². The van der Waals surface area contributed by atoms with Crippen molar-refractivity contribution in [1.29, 1.82) is 0 Å². The maximum Gasteiger partial charge on any atom is 0.226 e. The van der Waals surface area contributed by atoms with E-state index in [-0.39, 0.29) is 0 Å². The highest BCUT2D eigenvalue weighted by Gasteiger charge is 2.17. The van der Waals surface area contributed by atoms with Crippen molar-refractivity contribution < 1.29 is 0 Å². The number of benzene rings is 1. The molecule has 2 rings (SSSR count). The molecule has 1 aromatic carbocycles. The monoisotopic (exact) mass is 289 g/mol. The Labute approximate surface area is 126 Å². The van der Waals surface area contributed by atoms with Gasteiger partial charge >= 0.3 is 0 Å². The lowest BCUT2D eigenvalue weighted by Crippen LogP contribution is -2.27. The van der Waals surface area contributed by atoms with Gasteiger partial charge in [0.25, 0.3) is 0 Å². The van der Waals surface area contributed by atoms with E-state index in [1.54, 1.807) is 11.8 Å². The fourth-order valence-electron chi connectivity index (χ4n) is 2.21. The summed E-state index contributed by atoms with van der Waals surface area (Å²) in [5, 5.41) is 1.14. The molecule has 1 saturated heterocycles. The van der Waals surface area contributed by atoms with Gasteiger partial charge in [-0.1, -0.05) is 32.0 Å². The molecule has 0 amide bonds. The highest BCUT2D eigenvalue weighted by molar-refractivity contribution is 8.13. The lowest BCUT2D eigenvalue weighted by Gasteiger charge is -2.18. The van der Waals surface area contributed by atoms with Gasteiger partial charge in [0.1, 0.15) is 0 Å². The number of nitrogens with zero attached hydrogens (tertiary/aromatic N) is 3. The Morgan fingerprint density at radius 3 is 2.35 bits per heavy atom. The van der Waals surface area contributed by atoms with Crippen LogP contribution >= 0.6 is 11.8 Å². The topological polar surface area (TPSA) is 28.0 Å². The first-order valence-corrected chi connectivity index (χ1v) is 8.44. The van der Waals surface area contributed by atoms with E-state index in [0.717, 1.165) is 29.8 Å². The molecule has 0 radical (unpaired) electrons. The number of thioether (sulfide) groups is 1. The summed E-state index contributed by atoms with van der Waals surface area (Å²) in [6.45, 7) is 6.49. The Balaban J connectivity index is 2.32. The SMILES string of the molecule is CS/C(=N/C(=Nc1ccccc1)N1CCCC1)C(C)C. The molecule has 0 N–H and O–H groups in total. The fourth-order valence-corrected chi connectivity index (χ4v) is 2.85. The Morgan fingerprint density at radius 1 is 1.15 bits per heavy atom. The average Bonchev–Trinajstić information content (AvgIpc) is 2.98. The quantitative estimate of drug-likeness (QED) is 0.603. The summed E-state index contributed by atoms with van der Waals surface area (Å²) in [5.41, 5.74) is 0.974. The summed E-state index contributed by atoms with van der Waals surface area (Å²) >= 11 is 1.72. The minimum Gasteiger partial charge on any atom is -0.341 e. The molecule has 0 aromatic heterocycles. The van der Waals surface area contributed by atoms with Crippen LogP contribution < -0.4 is 0 Å². The molecule has 1 aromatic rings. The summed E-state index contributed by atoms with van der Waals surface area (Å²) < 4.78 is 0. The van der Waals surface area contributed by atoms with Crippen LogP contribution in [0.25, 0.3) is 0 Å². The minimum absolute atomic E-state index is 0.438. The van der Waals surface area contributed by atoms with Gasteiger partial charge in [-0.25, -0.2) is 9.98 Å². The first kappa shape index (κ1) is 15.1. The van der Waals surface area contributed by atoms with Gasteiger partial charge in [0.15, 0.2) is 0 Å². The summed E-state index contributed by atoms with van der Waals surface area (Å²) in [4.78, 5) is 11.9. The third-order valence-electron chi connectivity index (χ3n) is 3.29. The number of aliphatic imine (C=N–C) groups is 2. The predicted molar refractivity (Wildman–Crippen MR) is 90.1 cm³/mol. The van der Waals surface area contributed by atoms with Gasteiger partial charge in [-0.15, -0.1) is 11.8 Å². The molecule has 1 aliphatic rings. The number of para-hydroxylation sites is 1. The zero-order chi connectivity index (χ0) is 14.4. The molecule has 0 atom stereocenters. The number of hydrogen-bond donors (Lipinski definition) is 0. The molecule has 0 spiro atoms. The smallest absolute Gasteiger partial charge is 0.226 e. The molecule has 3 nitrogen and oxygen atoms in total. The summed E-state index contributed by atoms with van der Waals surface area (Å²) in [6, 6.07) is 10.1. The third kappa shape index (κ3) is 4.10. The van der Waals surface area contributed by atoms with Crippen LogP contribution in [0.2, 0.25) is 0 Å². The second-order valence-electron chi connectivity index (χ2n) is 5.25. The van der Waals surface area contributed by atoms with Crippen molar-refractivity contribution in [2.24, 2.45) is 15.9 Å². The average molecular weight is 289 g/mol. The number of likely N-dealkylation sites (tertiary alicyclic amines) is 1. The maximum atomic E-state index is 4.83. The molecular formula is C16H23N3S. The molecule has 20 heavy (non-hydrogen) atoms. The normalized spacial score (nSPS) is 17.1. The minimum atomic E-state index is 0.438. The van der Waals surface area contributed by atoms with Gasteiger partial charge in [0.2, 0.25) is 5.96 Å². The maximum absolute atomic E-state index is 4.83. The van der Waals surface area contributed by atoms with E-state index in [1.807, 2.05) is 30.3 Å². The lowest BCUT2D eigenvalue weighted by molar-refractivity contribution is 0.514. The summed E-state index contributed by atoms with van der Waals surface area (Å²) in [7, 11) is 0. The molecule has 1 fully saturated rings. The predicted octanol–water partition coefficient (Wildman–Crippen LogP) is 4.19. The molecular weight excluding hydrogens is 266 g/mol. The Morgan fingerprint density at radius 2 is 1.80 bits per heavy atom. The third-order valence-corrected chi connectivity index (χ3v) is 4.27. The van der Waals surface area contributed by atoms with Crippen molar-refractivity contribution in [1.82, 2.24) is 4.90 Å². The number of guanidine groups is 1. The zero-order valence-electron chi connectivity index (χ0n) is 12.5. The first-order chi connectivity index (χ1) is 9.70. The fraction of sp³-hybridized carbons (Fsp3) is 0.500. The highest BCUT2D eigenvalue weighted by atomic mass is 32.2. The van der Waals surface area contributed by atoms with Crippen LogP contribution in [-0.2, 0) is 0 Å². The van der Waals surface area contributed by atoms with E-state index < -0.39 is 0 Å². The van der Waals surface area contributed by atoms with Crippen LogP contribution in [0.3, 0.4) is 0 Å². The molecule has 1 heterocycles. The van der Waals surface area contributed by atoms with Gasteiger partial charge in [-0.3, -0.25) is 0 Å². The van der Waals surface area contributed by atoms with E-state index in [4.69, 9.17) is 9.98 Å². The van der Waals surface area contributed by atoms with Crippen LogP contribution in [0.4, 0.5) is 5.69 Å². The van der Waals surface area contributed by atoms with Gasteiger partial charge in [0.05, 0.1) is 10.7 Å². The van der Waals surface area contributed by atoms with E-state index in [2.05, 4.69) is 25.0 Å². The van der Waals surface area contributed by atoms with Crippen LogP contribution in [0.15, 0.2) is 40.3 Å². The molecule has 4 heteroatoms. The van der Waals surface area contributed by atoms with Gasteiger partial charge in [0, 0.05) is 19.0 Å². The summed E-state index contributed by atoms with van der Waals surface area (Å²) in [6.07, 6.45) is 4.56.